The molecule has 0 spiro atoms. The van der Waals surface area contributed by atoms with Crippen LogP contribution in [0.3, 0.4) is 0 Å². The Hall–Kier alpha value is -2.95. The van der Waals surface area contributed by atoms with Crippen molar-refractivity contribution >= 4 is 11.8 Å². The average Bonchev–Trinajstić information content (AvgIpc) is 3.12. The Morgan fingerprint density at radius 2 is 1.73 bits per heavy atom. The van der Waals surface area contributed by atoms with Crippen LogP contribution in [0, 0.1) is 5.92 Å². The lowest BCUT2D eigenvalue weighted by molar-refractivity contribution is 0.600. The fourth-order valence-corrected chi connectivity index (χ4v) is 3.32. The molecule has 5 nitrogen and oxygen atoms in total. The predicted molar refractivity (Wildman–Crippen MR) is 104 cm³/mol. The number of hydrogen-bond acceptors (Lipinski definition) is 5. The van der Waals surface area contributed by atoms with Crippen molar-refractivity contribution in [3.63, 3.8) is 0 Å². The van der Waals surface area contributed by atoms with Gasteiger partial charge < -0.3 is 10.2 Å². The molecule has 1 atom stereocenters. The lowest BCUT2D eigenvalue weighted by Crippen LogP contribution is -2.19. The molecule has 0 amide bonds. The van der Waals surface area contributed by atoms with Crippen LogP contribution in [0.5, 0.6) is 0 Å². The van der Waals surface area contributed by atoms with Crippen LogP contribution < -0.4 is 10.2 Å². The molecule has 0 saturated carbocycles. The molecule has 2 aromatic heterocycles. The highest BCUT2D eigenvalue weighted by atomic mass is 15.2. The van der Waals surface area contributed by atoms with Crippen LogP contribution in [0.2, 0.25) is 0 Å². The Bertz CT molecular complexity index is 840. The van der Waals surface area contributed by atoms with Gasteiger partial charge in [0.15, 0.2) is 0 Å². The number of nitrogens with one attached hydrogen (secondary N) is 1. The summed E-state index contributed by atoms with van der Waals surface area (Å²) in [4.78, 5) is 15.8. The Kier molecular flexibility index (Phi) is 4.78. The normalized spacial score (nSPS) is 14.1. The maximum absolute atomic E-state index is 4.70. The van der Waals surface area contributed by atoms with Gasteiger partial charge in [-0.2, -0.15) is 4.98 Å². The Labute approximate surface area is 154 Å². The summed E-state index contributed by atoms with van der Waals surface area (Å²) in [5, 5.41) is 3.37. The Balaban J connectivity index is 1.36. The number of rotatable bonds is 6. The smallest absolute Gasteiger partial charge is 0.224 e. The van der Waals surface area contributed by atoms with Gasteiger partial charge >= 0.3 is 0 Å². The van der Waals surface area contributed by atoms with Crippen LogP contribution in [0.1, 0.15) is 23.7 Å². The maximum Gasteiger partial charge on any atom is 0.224 e. The molecular formula is C21H23N5. The number of pyridine rings is 1. The first-order valence-electron chi connectivity index (χ1n) is 9.06. The summed E-state index contributed by atoms with van der Waals surface area (Å²) in [7, 11) is 0. The fraction of sp³-hybridized carbons (Fsp3) is 0.286. The zero-order chi connectivity index (χ0) is 17.8. The Morgan fingerprint density at radius 1 is 0.962 bits per heavy atom. The highest BCUT2D eigenvalue weighted by Gasteiger charge is 2.19. The number of anilines is 2. The molecule has 0 radical (unpaired) electrons. The maximum atomic E-state index is 4.70. The van der Waals surface area contributed by atoms with Crippen LogP contribution in [-0.4, -0.2) is 21.5 Å². The summed E-state index contributed by atoms with van der Waals surface area (Å²) in [5.41, 5.74) is 3.88. The first-order chi connectivity index (χ1) is 12.8. The highest BCUT2D eigenvalue weighted by Crippen LogP contribution is 2.26. The molecule has 0 bridgehead atoms. The second kappa shape index (κ2) is 7.52. The van der Waals surface area contributed by atoms with Crippen molar-refractivity contribution in [3.8, 4) is 0 Å². The van der Waals surface area contributed by atoms with Crippen LogP contribution in [0.15, 0.2) is 60.9 Å². The minimum absolute atomic E-state index is 0.452. The van der Waals surface area contributed by atoms with Gasteiger partial charge in [0.2, 0.25) is 5.95 Å². The Morgan fingerprint density at radius 3 is 2.46 bits per heavy atom. The molecule has 1 aliphatic heterocycles. The topological polar surface area (TPSA) is 53.9 Å². The van der Waals surface area contributed by atoms with E-state index in [1.807, 2.05) is 30.6 Å². The molecule has 26 heavy (non-hydrogen) atoms. The van der Waals surface area contributed by atoms with Crippen LogP contribution >= 0.6 is 0 Å². The summed E-state index contributed by atoms with van der Waals surface area (Å²) < 4.78 is 0. The first kappa shape index (κ1) is 16.5. The van der Waals surface area contributed by atoms with Gasteiger partial charge in [-0.05, 0) is 41.7 Å². The third kappa shape index (κ3) is 3.82. The molecule has 1 unspecified atom stereocenters. The molecule has 3 heterocycles. The number of nitrogens with zero attached hydrogens (tertiary/aromatic N) is 4. The van der Waals surface area contributed by atoms with Crippen molar-refractivity contribution in [2.45, 2.75) is 26.4 Å². The molecule has 1 aliphatic rings. The van der Waals surface area contributed by atoms with Crippen molar-refractivity contribution in [2.75, 3.05) is 16.8 Å². The summed E-state index contributed by atoms with van der Waals surface area (Å²) in [6.07, 6.45) is 4.61. The van der Waals surface area contributed by atoms with Gasteiger partial charge in [0.05, 0.1) is 0 Å². The average molecular weight is 345 g/mol. The van der Waals surface area contributed by atoms with Gasteiger partial charge in [-0.15, -0.1) is 0 Å². The van der Waals surface area contributed by atoms with Gasteiger partial charge in [-0.3, -0.25) is 4.98 Å². The third-order valence-electron chi connectivity index (χ3n) is 4.70. The van der Waals surface area contributed by atoms with Gasteiger partial charge in [-0.1, -0.05) is 37.3 Å². The quantitative estimate of drug-likeness (QED) is 0.738. The second-order valence-electron chi connectivity index (χ2n) is 6.87. The van der Waals surface area contributed by atoms with Crippen LogP contribution in [0.25, 0.3) is 0 Å². The van der Waals surface area contributed by atoms with Gasteiger partial charge in [0, 0.05) is 37.7 Å². The molecule has 5 heteroatoms. The fourth-order valence-electron chi connectivity index (χ4n) is 3.32. The molecule has 4 rings (SSSR count). The lowest BCUT2D eigenvalue weighted by Gasteiger charge is -2.18. The second-order valence-corrected chi connectivity index (χ2v) is 6.87. The zero-order valence-electron chi connectivity index (χ0n) is 15.0. The van der Waals surface area contributed by atoms with E-state index in [1.165, 1.54) is 11.1 Å². The monoisotopic (exact) mass is 345 g/mol. The molecule has 3 aromatic rings. The number of benzene rings is 1. The van der Waals surface area contributed by atoms with Crippen LogP contribution in [0.4, 0.5) is 11.8 Å². The van der Waals surface area contributed by atoms with E-state index in [2.05, 4.69) is 57.4 Å². The molecule has 132 valence electrons. The first-order valence-corrected chi connectivity index (χ1v) is 9.06. The van der Waals surface area contributed by atoms with Crippen molar-refractivity contribution in [1.29, 1.82) is 0 Å². The van der Waals surface area contributed by atoms with Gasteiger partial charge in [0.1, 0.15) is 5.82 Å². The van der Waals surface area contributed by atoms with Crippen molar-refractivity contribution in [3.05, 3.63) is 77.7 Å². The standard InChI is InChI=1S/C21H23N5/c1-16(12-19-8-4-5-10-22-19)13-24-21-23-11-9-20(25-21)26-14-17-6-2-3-7-18(17)15-26/h2-11,16H,12-15H2,1H3,(H,23,24,25). The lowest BCUT2D eigenvalue weighted by atomic mass is 10.1. The van der Waals surface area contributed by atoms with Crippen molar-refractivity contribution in [1.82, 2.24) is 15.0 Å². The van der Waals surface area contributed by atoms with E-state index in [4.69, 9.17) is 4.98 Å². The summed E-state index contributed by atoms with van der Waals surface area (Å²) in [6, 6.07) is 16.6. The molecule has 0 aliphatic carbocycles. The van der Waals surface area contributed by atoms with Crippen molar-refractivity contribution < 1.29 is 0 Å². The minimum atomic E-state index is 0.452. The van der Waals surface area contributed by atoms with E-state index in [1.54, 1.807) is 0 Å². The van der Waals surface area contributed by atoms with E-state index in [0.29, 0.717) is 11.9 Å². The van der Waals surface area contributed by atoms with Crippen molar-refractivity contribution in [2.24, 2.45) is 5.92 Å². The largest absolute Gasteiger partial charge is 0.354 e. The number of aromatic nitrogens is 3. The van der Waals surface area contributed by atoms with Gasteiger partial charge in [-0.25, -0.2) is 4.98 Å². The molecule has 1 aromatic carbocycles. The molecular weight excluding hydrogens is 322 g/mol. The summed E-state index contributed by atoms with van der Waals surface area (Å²) >= 11 is 0. The SMILES string of the molecule is CC(CNc1nccc(N2Cc3ccccc3C2)n1)Cc1ccccn1. The van der Waals surface area contributed by atoms with Gasteiger partial charge in [0.25, 0.3) is 0 Å². The van der Waals surface area contributed by atoms with E-state index < -0.39 is 0 Å². The predicted octanol–water partition coefficient (Wildman–Crippen LogP) is 3.68. The highest BCUT2D eigenvalue weighted by molar-refractivity contribution is 5.48. The van der Waals surface area contributed by atoms with E-state index >= 15 is 0 Å². The summed E-state index contributed by atoms with van der Waals surface area (Å²) in [5.74, 6) is 2.11. The third-order valence-corrected chi connectivity index (χ3v) is 4.70. The van der Waals surface area contributed by atoms with Crippen LogP contribution in [-0.2, 0) is 19.5 Å². The minimum Gasteiger partial charge on any atom is -0.354 e. The number of hydrogen-bond donors (Lipinski definition) is 1. The van der Waals surface area contributed by atoms with E-state index in [0.717, 1.165) is 37.6 Å². The van der Waals surface area contributed by atoms with E-state index in [-0.39, 0.29) is 0 Å². The molecule has 1 N–H and O–H groups in total. The zero-order valence-corrected chi connectivity index (χ0v) is 15.0. The molecule has 0 fully saturated rings. The van der Waals surface area contributed by atoms with E-state index in [9.17, 15) is 0 Å². The number of fused-ring (bicyclic) bond motifs is 1. The molecule has 0 saturated heterocycles. The summed E-state index contributed by atoms with van der Waals surface area (Å²) in [6.45, 7) is 4.84.